The molecular formula is C19H24N4O2. The molecule has 2 aromatic rings. The molecule has 3 rings (SSSR count). The van der Waals surface area contributed by atoms with Gasteiger partial charge >= 0.3 is 0 Å². The summed E-state index contributed by atoms with van der Waals surface area (Å²) < 4.78 is 1.90. The number of rotatable bonds is 4. The first-order valence-electron chi connectivity index (χ1n) is 8.47. The van der Waals surface area contributed by atoms with Gasteiger partial charge in [0, 0.05) is 24.2 Å². The fourth-order valence-corrected chi connectivity index (χ4v) is 3.80. The van der Waals surface area contributed by atoms with Gasteiger partial charge in [-0.2, -0.15) is 5.26 Å². The number of carbonyl (C=O) groups excluding carboxylic acids is 1. The molecule has 1 saturated heterocycles. The van der Waals surface area contributed by atoms with Crippen LogP contribution in [0.2, 0.25) is 0 Å². The Morgan fingerprint density at radius 2 is 2.12 bits per heavy atom. The van der Waals surface area contributed by atoms with Crippen molar-refractivity contribution in [3.05, 3.63) is 35.5 Å². The van der Waals surface area contributed by atoms with Gasteiger partial charge in [0.2, 0.25) is 5.91 Å². The predicted molar refractivity (Wildman–Crippen MR) is 96.1 cm³/mol. The molecule has 1 aliphatic rings. The van der Waals surface area contributed by atoms with Crippen molar-refractivity contribution in [3.8, 4) is 6.07 Å². The highest BCUT2D eigenvalue weighted by Crippen LogP contribution is 2.26. The minimum atomic E-state index is -0.842. The van der Waals surface area contributed by atoms with E-state index in [4.69, 9.17) is 0 Å². The number of benzene rings is 1. The van der Waals surface area contributed by atoms with Crippen LogP contribution in [0.3, 0.4) is 0 Å². The van der Waals surface area contributed by atoms with Crippen LogP contribution in [0.15, 0.2) is 24.3 Å². The van der Waals surface area contributed by atoms with Gasteiger partial charge in [0.25, 0.3) is 0 Å². The normalized spacial score (nSPS) is 20.4. The summed E-state index contributed by atoms with van der Waals surface area (Å²) in [7, 11) is 3.84. The van der Waals surface area contributed by atoms with Gasteiger partial charge in [0.05, 0.1) is 23.2 Å². The molecule has 1 aromatic carbocycles. The third-order valence-electron chi connectivity index (χ3n) is 4.93. The van der Waals surface area contributed by atoms with Crippen molar-refractivity contribution in [2.45, 2.75) is 25.5 Å². The van der Waals surface area contributed by atoms with Crippen molar-refractivity contribution in [3.63, 3.8) is 0 Å². The minimum absolute atomic E-state index is 0.0250. The molecule has 1 unspecified atom stereocenters. The zero-order valence-corrected chi connectivity index (χ0v) is 15.0. The lowest BCUT2D eigenvalue weighted by Gasteiger charge is -2.26. The Morgan fingerprint density at radius 1 is 1.40 bits per heavy atom. The average molecular weight is 340 g/mol. The Kier molecular flexibility index (Phi) is 4.55. The van der Waals surface area contributed by atoms with Gasteiger partial charge in [-0.25, -0.2) is 0 Å². The monoisotopic (exact) mass is 340 g/mol. The van der Waals surface area contributed by atoms with Crippen LogP contribution in [0, 0.1) is 18.3 Å². The number of likely N-dealkylation sites (N-methyl/N-ethyl adjacent to an activating group) is 1. The SMILES string of the molecule is Cc1c(C#N)c2ccccc2n1CC(=O)N1CCC(O)(CN(C)C)C1. The number of likely N-dealkylation sites (tertiary alicyclic amines) is 1. The zero-order valence-electron chi connectivity index (χ0n) is 15.0. The number of hydrogen-bond donors (Lipinski definition) is 1. The van der Waals surface area contributed by atoms with Gasteiger partial charge in [-0.05, 0) is 33.5 Å². The van der Waals surface area contributed by atoms with E-state index >= 15 is 0 Å². The Balaban J connectivity index is 1.82. The summed E-state index contributed by atoms with van der Waals surface area (Å²) in [5.41, 5.74) is 1.48. The highest BCUT2D eigenvalue weighted by Gasteiger charge is 2.38. The number of fused-ring (bicyclic) bond motifs is 1. The van der Waals surface area contributed by atoms with E-state index < -0.39 is 5.60 Å². The summed E-state index contributed by atoms with van der Waals surface area (Å²) in [6.07, 6.45) is 0.589. The van der Waals surface area contributed by atoms with Gasteiger partial charge in [-0.1, -0.05) is 18.2 Å². The molecule has 0 saturated carbocycles. The summed E-state index contributed by atoms with van der Waals surface area (Å²) in [6, 6.07) is 9.90. The van der Waals surface area contributed by atoms with Crippen LogP contribution in [0.5, 0.6) is 0 Å². The summed E-state index contributed by atoms with van der Waals surface area (Å²) in [5, 5.41) is 20.9. The molecule has 1 N–H and O–H groups in total. The largest absolute Gasteiger partial charge is 0.387 e. The van der Waals surface area contributed by atoms with E-state index in [1.807, 2.05) is 54.8 Å². The van der Waals surface area contributed by atoms with Crippen molar-refractivity contribution >= 4 is 16.8 Å². The Labute approximate surface area is 147 Å². The summed E-state index contributed by atoms with van der Waals surface area (Å²) >= 11 is 0. The molecule has 0 bridgehead atoms. The lowest BCUT2D eigenvalue weighted by Crippen LogP contribution is -2.44. The second-order valence-electron chi connectivity index (χ2n) is 7.20. The molecule has 0 radical (unpaired) electrons. The number of hydrogen-bond acceptors (Lipinski definition) is 4. The number of amides is 1. The van der Waals surface area contributed by atoms with Gasteiger partial charge in [-0.3, -0.25) is 4.79 Å². The van der Waals surface area contributed by atoms with Crippen LogP contribution in [0.4, 0.5) is 0 Å². The first kappa shape index (κ1) is 17.5. The number of nitrogens with zero attached hydrogens (tertiary/aromatic N) is 4. The maximum atomic E-state index is 12.8. The maximum absolute atomic E-state index is 12.8. The molecule has 0 spiro atoms. The van der Waals surface area contributed by atoms with Crippen molar-refractivity contribution in [2.24, 2.45) is 0 Å². The number of nitriles is 1. The number of aliphatic hydroxyl groups is 1. The number of para-hydroxylation sites is 1. The van der Waals surface area contributed by atoms with Crippen LogP contribution >= 0.6 is 0 Å². The summed E-state index contributed by atoms with van der Waals surface area (Å²) in [5.74, 6) is -0.0250. The molecule has 1 atom stereocenters. The van der Waals surface area contributed by atoms with E-state index in [0.29, 0.717) is 31.6 Å². The lowest BCUT2D eigenvalue weighted by molar-refractivity contribution is -0.131. The van der Waals surface area contributed by atoms with E-state index in [0.717, 1.165) is 16.6 Å². The van der Waals surface area contributed by atoms with Gasteiger partial charge in [-0.15, -0.1) is 0 Å². The average Bonchev–Trinajstić information content (AvgIpc) is 3.06. The molecule has 0 aliphatic carbocycles. The van der Waals surface area contributed by atoms with Crippen LogP contribution < -0.4 is 0 Å². The summed E-state index contributed by atoms with van der Waals surface area (Å²) in [6.45, 7) is 3.52. The number of carbonyl (C=O) groups is 1. The zero-order chi connectivity index (χ0) is 18.2. The highest BCUT2D eigenvalue weighted by atomic mass is 16.3. The quantitative estimate of drug-likeness (QED) is 0.912. The van der Waals surface area contributed by atoms with Gasteiger partial charge in [0.1, 0.15) is 12.6 Å². The van der Waals surface area contributed by atoms with Crippen molar-refractivity contribution in [1.29, 1.82) is 5.26 Å². The molecule has 1 fully saturated rings. The molecule has 6 nitrogen and oxygen atoms in total. The van der Waals surface area contributed by atoms with Gasteiger partial charge in [0.15, 0.2) is 0 Å². The summed E-state index contributed by atoms with van der Waals surface area (Å²) in [4.78, 5) is 16.4. The molecule has 1 aromatic heterocycles. The molecule has 25 heavy (non-hydrogen) atoms. The van der Waals surface area contributed by atoms with Crippen molar-refractivity contribution in [1.82, 2.24) is 14.4 Å². The van der Waals surface area contributed by atoms with Gasteiger partial charge < -0.3 is 19.5 Å². The van der Waals surface area contributed by atoms with E-state index in [9.17, 15) is 15.2 Å². The molecule has 1 amide bonds. The Bertz CT molecular complexity index is 849. The second-order valence-corrected chi connectivity index (χ2v) is 7.20. The lowest BCUT2D eigenvalue weighted by atomic mass is 10.0. The van der Waals surface area contributed by atoms with Crippen molar-refractivity contribution in [2.75, 3.05) is 33.7 Å². The highest BCUT2D eigenvalue weighted by molar-refractivity contribution is 5.89. The van der Waals surface area contributed by atoms with E-state index in [1.54, 1.807) is 4.90 Å². The third-order valence-corrected chi connectivity index (χ3v) is 4.93. The van der Waals surface area contributed by atoms with E-state index in [1.165, 1.54) is 0 Å². The minimum Gasteiger partial charge on any atom is -0.387 e. The predicted octanol–water partition coefficient (Wildman–Crippen LogP) is 1.35. The molecule has 6 heteroatoms. The fourth-order valence-electron chi connectivity index (χ4n) is 3.80. The Morgan fingerprint density at radius 3 is 2.80 bits per heavy atom. The van der Waals surface area contributed by atoms with Crippen LogP contribution in [0.1, 0.15) is 17.7 Å². The third kappa shape index (κ3) is 3.26. The smallest absolute Gasteiger partial charge is 0.242 e. The van der Waals surface area contributed by atoms with Crippen LogP contribution in [-0.2, 0) is 11.3 Å². The van der Waals surface area contributed by atoms with E-state index in [-0.39, 0.29) is 12.5 Å². The van der Waals surface area contributed by atoms with E-state index in [2.05, 4.69) is 6.07 Å². The topological polar surface area (TPSA) is 72.5 Å². The van der Waals surface area contributed by atoms with Crippen LogP contribution in [0.25, 0.3) is 10.9 Å². The second kappa shape index (κ2) is 6.51. The molecular weight excluding hydrogens is 316 g/mol. The first-order valence-corrected chi connectivity index (χ1v) is 8.47. The molecule has 132 valence electrons. The molecule has 2 heterocycles. The maximum Gasteiger partial charge on any atom is 0.242 e. The van der Waals surface area contributed by atoms with Crippen molar-refractivity contribution < 1.29 is 9.90 Å². The molecule has 1 aliphatic heterocycles. The first-order chi connectivity index (χ1) is 11.8. The number of aromatic nitrogens is 1. The fraction of sp³-hybridized carbons (Fsp3) is 0.474. The Hall–Kier alpha value is -2.36. The number of β-amino-alcohol motifs (C(OH)–C–C–N with tert-alkyl or cyclic N) is 1. The van der Waals surface area contributed by atoms with Crippen LogP contribution in [-0.4, -0.2) is 64.7 Å². The standard InChI is InChI=1S/C19H24N4O2/c1-14-16(10-20)15-6-4-5-7-17(15)23(14)11-18(24)22-9-8-19(25,13-22)12-21(2)3/h4-7,25H,8-9,11-13H2,1-3H3.